The summed E-state index contributed by atoms with van der Waals surface area (Å²) in [5, 5.41) is 0. The van der Waals surface area contributed by atoms with Gasteiger partial charge >= 0.3 is 5.97 Å². The molecule has 0 heterocycles. The average Bonchev–Trinajstić information content (AvgIpc) is 2.14. The third-order valence-corrected chi connectivity index (χ3v) is 1.81. The molecule has 0 bridgehead atoms. The van der Waals surface area contributed by atoms with Crippen molar-refractivity contribution < 1.29 is 9.53 Å². The summed E-state index contributed by atoms with van der Waals surface area (Å²) in [7, 11) is 0. The number of ether oxygens (including phenoxy) is 1. The van der Waals surface area contributed by atoms with Gasteiger partial charge in [-0.2, -0.15) is 12.6 Å². The highest BCUT2D eigenvalue weighted by Gasteiger charge is 1.94. The fourth-order valence-corrected chi connectivity index (χ4v) is 1.00. The molecule has 0 saturated heterocycles. The van der Waals surface area contributed by atoms with Gasteiger partial charge in [-0.3, -0.25) is 0 Å². The lowest BCUT2D eigenvalue weighted by Crippen LogP contribution is -2.02. The Kier molecular flexibility index (Phi) is 9.32. The molecule has 0 N–H and O–H groups in total. The fourth-order valence-electron chi connectivity index (χ4n) is 0.899. The van der Waals surface area contributed by atoms with E-state index >= 15 is 0 Å². The predicted molar refractivity (Wildman–Crippen MR) is 58.1 cm³/mol. The molecule has 0 amide bonds. The van der Waals surface area contributed by atoms with E-state index in [1.54, 1.807) is 6.08 Å². The number of thiol groups is 1. The summed E-state index contributed by atoms with van der Waals surface area (Å²) in [5.41, 5.74) is 0. The van der Waals surface area contributed by atoms with Crippen molar-refractivity contribution in [2.45, 2.75) is 32.6 Å². The van der Waals surface area contributed by atoms with Crippen LogP contribution in [0.1, 0.15) is 32.6 Å². The molecule has 0 aromatic carbocycles. The maximum absolute atomic E-state index is 10.9. The number of esters is 1. The standard InChI is InChI=1S/C10H18O2S/c1-2-3-4-5-8-12-10(11)7-6-9-13/h6-7,13H,2-5,8-9H2,1H3. The highest BCUT2D eigenvalue weighted by Crippen LogP contribution is 1.99. The van der Waals surface area contributed by atoms with Crippen molar-refractivity contribution in [3.63, 3.8) is 0 Å². The van der Waals surface area contributed by atoms with Crippen molar-refractivity contribution in [1.29, 1.82) is 0 Å². The first-order chi connectivity index (χ1) is 6.31. The minimum atomic E-state index is -0.259. The third-order valence-electron chi connectivity index (χ3n) is 1.60. The summed E-state index contributed by atoms with van der Waals surface area (Å²) in [6.45, 7) is 2.69. The SMILES string of the molecule is CCCCCCOC(=O)C=CCS. The molecule has 0 unspecified atom stereocenters. The third kappa shape index (κ3) is 9.47. The molecule has 3 heteroatoms. The van der Waals surface area contributed by atoms with E-state index < -0.39 is 0 Å². The monoisotopic (exact) mass is 202 g/mol. The Balaban J connectivity index is 3.22. The summed E-state index contributed by atoms with van der Waals surface area (Å²) in [6, 6.07) is 0. The van der Waals surface area contributed by atoms with Crippen LogP contribution in [0.4, 0.5) is 0 Å². The fraction of sp³-hybridized carbons (Fsp3) is 0.700. The molecule has 0 aliphatic rings. The van der Waals surface area contributed by atoms with Crippen molar-refractivity contribution in [2.75, 3.05) is 12.4 Å². The second-order valence-corrected chi connectivity index (χ2v) is 3.18. The molecule has 13 heavy (non-hydrogen) atoms. The van der Waals surface area contributed by atoms with Gasteiger partial charge in [-0.15, -0.1) is 0 Å². The van der Waals surface area contributed by atoms with Crippen molar-refractivity contribution in [3.05, 3.63) is 12.2 Å². The molecular weight excluding hydrogens is 184 g/mol. The van der Waals surface area contributed by atoms with Crippen LogP contribution >= 0.6 is 12.6 Å². The van der Waals surface area contributed by atoms with Crippen LogP contribution in [-0.2, 0) is 9.53 Å². The molecule has 0 aliphatic heterocycles. The Hall–Kier alpha value is -0.440. The molecule has 0 aliphatic carbocycles. The number of hydrogen-bond donors (Lipinski definition) is 1. The normalized spacial score (nSPS) is 10.6. The van der Waals surface area contributed by atoms with Gasteiger partial charge in [0.1, 0.15) is 0 Å². The summed E-state index contributed by atoms with van der Waals surface area (Å²) >= 11 is 3.94. The van der Waals surface area contributed by atoms with Crippen LogP contribution in [0.25, 0.3) is 0 Å². The summed E-state index contributed by atoms with van der Waals surface area (Å²) in [5.74, 6) is 0.316. The molecule has 0 spiro atoms. The molecule has 0 fully saturated rings. The van der Waals surface area contributed by atoms with E-state index in [-0.39, 0.29) is 5.97 Å². The number of rotatable bonds is 7. The zero-order valence-corrected chi connectivity index (χ0v) is 9.06. The molecule has 0 radical (unpaired) electrons. The van der Waals surface area contributed by atoms with Crippen LogP contribution < -0.4 is 0 Å². The minimum absolute atomic E-state index is 0.259. The molecule has 0 saturated carbocycles. The Bertz CT molecular complexity index is 155. The summed E-state index contributed by atoms with van der Waals surface area (Å²) < 4.78 is 4.93. The largest absolute Gasteiger partial charge is 0.463 e. The van der Waals surface area contributed by atoms with Gasteiger partial charge in [-0.1, -0.05) is 32.3 Å². The number of carbonyl (C=O) groups excluding carboxylic acids is 1. The molecule has 0 atom stereocenters. The predicted octanol–water partition coefficient (Wildman–Crippen LogP) is 2.60. The van der Waals surface area contributed by atoms with E-state index in [1.807, 2.05) is 0 Å². The first-order valence-electron chi connectivity index (χ1n) is 4.75. The van der Waals surface area contributed by atoms with Gasteiger partial charge in [-0.25, -0.2) is 4.79 Å². The Labute approximate surface area is 85.8 Å². The molecule has 0 rings (SSSR count). The van der Waals surface area contributed by atoms with Gasteiger partial charge in [0, 0.05) is 11.8 Å². The Morgan fingerprint density at radius 1 is 1.38 bits per heavy atom. The zero-order chi connectivity index (χ0) is 9.94. The molecule has 2 nitrogen and oxygen atoms in total. The quantitative estimate of drug-likeness (QED) is 0.297. The van der Waals surface area contributed by atoms with E-state index in [9.17, 15) is 4.79 Å². The van der Waals surface area contributed by atoms with E-state index in [0.717, 1.165) is 12.8 Å². The summed E-state index contributed by atoms with van der Waals surface area (Å²) in [4.78, 5) is 10.9. The van der Waals surface area contributed by atoms with Gasteiger partial charge < -0.3 is 4.74 Å². The highest BCUT2D eigenvalue weighted by atomic mass is 32.1. The van der Waals surface area contributed by atoms with E-state index in [4.69, 9.17) is 4.74 Å². The Morgan fingerprint density at radius 2 is 2.15 bits per heavy atom. The van der Waals surface area contributed by atoms with E-state index in [1.165, 1.54) is 18.9 Å². The van der Waals surface area contributed by atoms with Crippen LogP contribution in [-0.4, -0.2) is 18.3 Å². The average molecular weight is 202 g/mol. The second-order valence-electron chi connectivity index (χ2n) is 2.81. The van der Waals surface area contributed by atoms with Gasteiger partial charge in [0.15, 0.2) is 0 Å². The van der Waals surface area contributed by atoms with Crippen LogP contribution in [0, 0.1) is 0 Å². The van der Waals surface area contributed by atoms with Gasteiger partial charge in [0.05, 0.1) is 6.61 Å². The van der Waals surface area contributed by atoms with Gasteiger partial charge in [-0.05, 0) is 6.42 Å². The molecule has 0 aromatic rings. The van der Waals surface area contributed by atoms with E-state index in [0.29, 0.717) is 12.4 Å². The molecule has 0 aromatic heterocycles. The lowest BCUT2D eigenvalue weighted by Gasteiger charge is -2.00. The highest BCUT2D eigenvalue weighted by molar-refractivity contribution is 7.80. The first kappa shape index (κ1) is 12.6. The van der Waals surface area contributed by atoms with Gasteiger partial charge in [0.2, 0.25) is 0 Å². The van der Waals surface area contributed by atoms with Crippen LogP contribution in [0.2, 0.25) is 0 Å². The van der Waals surface area contributed by atoms with Crippen molar-refractivity contribution in [2.24, 2.45) is 0 Å². The van der Waals surface area contributed by atoms with Crippen LogP contribution in [0.3, 0.4) is 0 Å². The zero-order valence-electron chi connectivity index (χ0n) is 8.16. The van der Waals surface area contributed by atoms with Crippen molar-refractivity contribution in [3.8, 4) is 0 Å². The van der Waals surface area contributed by atoms with Crippen LogP contribution in [0.5, 0.6) is 0 Å². The first-order valence-corrected chi connectivity index (χ1v) is 5.38. The van der Waals surface area contributed by atoms with Gasteiger partial charge in [0.25, 0.3) is 0 Å². The minimum Gasteiger partial charge on any atom is -0.463 e. The topological polar surface area (TPSA) is 26.3 Å². The maximum Gasteiger partial charge on any atom is 0.330 e. The molecule has 76 valence electrons. The van der Waals surface area contributed by atoms with Crippen molar-refractivity contribution >= 4 is 18.6 Å². The lowest BCUT2D eigenvalue weighted by atomic mass is 10.2. The number of hydrogen-bond acceptors (Lipinski definition) is 3. The van der Waals surface area contributed by atoms with Crippen LogP contribution in [0.15, 0.2) is 12.2 Å². The summed E-state index contributed by atoms with van der Waals surface area (Å²) in [6.07, 6.45) is 7.62. The second kappa shape index (κ2) is 9.65. The maximum atomic E-state index is 10.9. The molecular formula is C10H18O2S. The number of carbonyl (C=O) groups is 1. The van der Waals surface area contributed by atoms with Crippen molar-refractivity contribution in [1.82, 2.24) is 0 Å². The lowest BCUT2D eigenvalue weighted by molar-refractivity contribution is -0.137. The number of unbranched alkanes of at least 4 members (excludes halogenated alkanes) is 3. The Morgan fingerprint density at radius 3 is 2.77 bits per heavy atom. The smallest absolute Gasteiger partial charge is 0.330 e. The van der Waals surface area contributed by atoms with E-state index in [2.05, 4.69) is 19.6 Å².